The molecule has 0 saturated carbocycles. The van der Waals surface area contributed by atoms with Gasteiger partial charge in [0.25, 0.3) is 0 Å². The Morgan fingerprint density at radius 2 is 1.74 bits per heavy atom. The molecule has 38 heavy (non-hydrogen) atoms. The van der Waals surface area contributed by atoms with Gasteiger partial charge in [-0.05, 0) is 56.4 Å². The Bertz CT molecular complexity index is 1190. The molecule has 3 aromatic rings. The highest BCUT2D eigenvalue weighted by molar-refractivity contribution is 5.79. The lowest BCUT2D eigenvalue weighted by Gasteiger charge is -2.31. The molecule has 5 rings (SSSR count). The lowest BCUT2D eigenvalue weighted by molar-refractivity contribution is -0.125. The van der Waals surface area contributed by atoms with E-state index < -0.39 is 0 Å². The van der Waals surface area contributed by atoms with Crippen molar-refractivity contribution in [2.45, 2.75) is 32.1 Å². The van der Waals surface area contributed by atoms with Gasteiger partial charge in [-0.2, -0.15) is 0 Å². The van der Waals surface area contributed by atoms with Crippen molar-refractivity contribution in [3.05, 3.63) is 48.8 Å². The molecule has 0 aliphatic carbocycles. The van der Waals surface area contributed by atoms with E-state index in [1.54, 1.807) is 13.4 Å². The number of aromatic nitrogens is 4. The molecule has 200 valence electrons. The summed E-state index contributed by atoms with van der Waals surface area (Å²) in [5.41, 5.74) is 1.68. The summed E-state index contributed by atoms with van der Waals surface area (Å²) in [5.74, 6) is 3.10. The minimum atomic E-state index is -0.0168. The molecule has 2 saturated heterocycles. The molecule has 2 aliphatic rings. The number of anilines is 2. The van der Waals surface area contributed by atoms with E-state index in [0.717, 1.165) is 67.7 Å². The van der Waals surface area contributed by atoms with Gasteiger partial charge in [-0.1, -0.05) is 12.1 Å². The van der Waals surface area contributed by atoms with Crippen LogP contribution in [-0.4, -0.2) is 72.5 Å². The van der Waals surface area contributed by atoms with Crippen LogP contribution in [-0.2, 0) is 4.79 Å². The molecular formula is C28H35N7O3. The van der Waals surface area contributed by atoms with Crippen LogP contribution < -0.4 is 24.6 Å². The summed E-state index contributed by atoms with van der Waals surface area (Å²) in [7, 11) is 1.65. The van der Waals surface area contributed by atoms with Gasteiger partial charge >= 0.3 is 0 Å². The largest absolute Gasteiger partial charge is 0.496 e. The Morgan fingerprint density at radius 1 is 0.947 bits per heavy atom. The fraction of sp³-hybridized carbons (Fsp3) is 0.464. The Labute approximate surface area is 223 Å². The lowest BCUT2D eigenvalue weighted by atomic mass is 9.96. The third-order valence-electron chi connectivity index (χ3n) is 7.18. The van der Waals surface area contributed by atoms with Crippen molar-refractivity contribution in [3.63, 3.8) is 0 Å². The van der Waals surface area contributed by atoms with E-state index in [1.807, 2.05) is 42.5 Å². The van der Waals surface area contributed by atoms with Gasteiger partial charge in [0.05, 0.1) is 19.3 Å². The molecule has 2 fully saturated rings. The second kappa shape index (κ2) is 12.5. The monoisotopic (exact) mass is 517 g/mol. The number of hydrogen-bond donors (Lipinski definition) is 1. The first-order valence-electron chi connectivity index (χ1n) is 13.4. The van der Waals surface area contributed by atoms with Crippen molar-refractivity contribution in [1.29, 1.82) is 0 Å². The number of para-hydroxylation sites is 1. The van der Waals surface area contributed by atoms with Gasteiger partial charge in [0.2, 0.25) is 11.8 Å². The summed E-state index contributed by atoms with van der Waals surface area (Å²) in [6.45, 7) is 4.38. The van der Waals surface area contributed by atoms with E-state index in [9.17, 15) is 4.79 Å². The van der Waals surface area contributed by atoms with Gasteiger partial charge < -0.3 is 24.6 Å². The van der Waals surface area contributed by atoms with Crippen LogP contribution in [0.5, 0.6) is 11.6 Å². The molecule has 10 heteroatoms. The van der Waals surface area contributed by atoms with Crippen LogP contribution in [0.4, 0.5) is 11.6 Å². The quantitative estimate of drug-likeness (QED) is 0.428. The summed E-state index contributed by atoms with van der Waals surface area (Å²) < 4.78 is 11.2. The molecule has 1 amide bonds. The number of benzene rings is 1. The van der Waals surface area contributed by atoms with E-state index >= 15 is 0 Å². The zero-order valence-electron chi connectivity index (χ0n) is 21.9. The molecule has 2 aromatic heterocycles. The van der Waals surface area contributed by atoms with Crippen molar-refractivity contribution >= 4 is 17.5 Å². The molecule has 10 nitrogen and oxygen atoms in total. The lowest BCUT2D eigenvalue weighted by Crippen LogP contribution is -2.41. The predicted molar refractivity (Wildman–Crippen MR) is 146 cm³/mol. The van der Waals surface area contributed by atoms with Crippen LogP contribution in [0.2, 0.25) is 0 Å². The van der Waals surface area contributed by atoms with E-state index in [1.165, 1.54) is 19.3 Å². The van der Waals surface area contributed by atoms with Crippen molar-refractivity contribution in [1.82, 2.24) is 25.5 Å². The normalized spacial score (nSPS) is 16.2. The average molecular weight is 518 g/mol. The summed E-state index contributed by atoms with van der Waals surface area (Å²) in [5, 5.41) is 11.9. The Kier molecular flexibility index (Phi) is 8.47. The minimum Gasteiger partial charge on any atom is -0.496 e. The van der Waals surface area contributed by atoms with Gasteiger partial charge in [0, 0.05) is 43.7 Å². The second-order valence-electron chi connectivity index (χ2n) is 9.64. The van der Waals surface area contributed by atoms with Crippen molar-refractivity contribution in [3.8, 4) is 22.9 Å². The number of rotatable bonds is 9. The highest BCUT2D eigenvalue weighted by Gasteiger charge is 2.25. The van der Waals surface area contributed by atoms with Crippen LogP contribution >= 0.6 is 0 Å². The fourth-order valence-corrected chi connectivity index (χ4v) is 5.04. The second-order valence-corrected chi connectivity index (χ2v) is 9.64. The number of ether oxygens (including phenoxy) is 2. The molecule has 1 N–H and O–H groups in total. The summed E-state index contributed by atoms with van der Waals surface area (Å²) in [6, 6.07) is 13.6. The molecule has 0 unspecified atom stereocenters. The first kappa shape index (κ1) is 25.7. The van der Waals surface area contributed by atoms with E-state index in [4.69, 9.17) is 9.47 Å². The van der Waals surface area contributed by atoms with Gasteiger partial charge in [0.1, 0.15) is 24.5 Å². The summed E-state index contributed by atoms with van der Waals surface area (Å²) in [4.78, 5) is 25.8. The van der Waals surface area contributed by atoms with Crippen molar-refractivity contribution in [2.24, 2.45) is 5.92 Å². The number of nitrogens with zero attached hydrogens (tertiary/aromatic N) is 6. The Morgan fingerprint density at radius 3 is 2.50 bits per heavy atom. The number of amides is 1. The van der Waals surface area contributed by atoms with E-state index in [0.29, 0.717) is 19.0 Å². The summed E-state index contributed by atoms with van der Waals surface area (Å²) >= 11 is 0. The number of piperidine rings is 2. The zero-order valence-corrected chi connectivity index (χ0v) is 21.9. The smallest absolute Gasteiger partial charge is 0.223 e. The molecule has 0 spiro atoms. The van der Waals surface area contributed by atoms with Gasteiger partial charge in [-0.15, -0.1) is 10.2 Å². The average Bonchev–Trinajstić information content (AvgIpc) is 3.00. The maximum Gasteiger partial charge on any atom is 0.223 e. The molecule has 0 atom stereocenters. The van der Waals surface area contributed by atoms with Crippen molar-refractivity contribution < 1.29 is 14.3 Å². The van der Waals surface area contributed by atoms with E-state index in [-0.39, 0.29) is 11.8 Å². The fourth-order valence-electron chi connectivity index (χ4n) is 5.04. The van der Waals surface area contributed by atoms with Gasteiger partial charge in [-0.25, -0.2) is 9.97 Å². The highest BCUT2D eigenvalue weighted by Crippen LogP contribution is 2.29. The SMILES string of the molecule is COc1ccccc1-c1ccc(N2CCC(C(=O)NCCOc3cc(N4CCCCC4)ncn3)CC2)nn1. The Balaban J connectivity index is 1.05. The Hall–Kier alpha value is -3.95. The number of carbonyl (C=O) groups is 1. The highest BCUT2D eigenvalue weighted by atomic mass is 16.5. The number of nitrogens with one attached hydrogen (secondary N) is 1. The zero-order chi connectivity index (χ0) is 26.2. The first-order valence-corrected chi connectivity index (χ1v) is 13.4. The molecule has 1 aromatic carbocycles. The van der Waals surface area contributed by atoms with Crippen LogP contribution in [0.3, 0.4) is 0 Å². The van der Waals surface area contributed by atoms with Crippen LogP contribution in [0, 0.1) is 5.92 Å². The molecular weight excluding hydrogens is 482 g/mol. The third kappa shape index (κ3) is 6.30. The van der Waals surface area contributed by atoms with E-state index in [2.05, 4.69) is 35.3 Å². The van der Waals surface area contributed by atoms with Crippen LogP contribution in [0.25, 0.3) is 11.3 Å². The predicted octanol–water partition coefficient (Wildman–Crippen LogP) is 3.34. The number of methoxy groups -OCH3 is 1. The maximum absolute atomic E-state index is 12.7. The number of carbonyl (C=O) groups excluding carboxylic acids is 1. The first-order chi connectivity index (χ1) is 18.7. The molecule has 2 aliphatic heterocycles. The number of hydrogen-bond acceptors (Lipinski definition) is 9. The summed E-state index contributed by atoms with van der Waals surface area (Å²) in [6.07, 6.45) is 6.74. The maximum atomic E-state index is 12.7. The van der Waals surface area contributed by atoms with Gasteiger partial charge in [-0.3, -0.25) is 4.79 Å². The molecule has 4 heterocycles. The van der Waals surface area contributed by atoms with Crippen molar-refractivity contribution in [2.75, 3.05) is 56.2 Å². The van der Waals surface area contributed by atoms with Crippen LogP contribution in [0.15, 0.2) is 48.8 Å². The van der Waals surface area contributed by atoms with Crippen LogP contribution in [0.1, 0.15) is 32.1 Å². The van der Waals surface area contributed by atoms with Gasteiger partial charge in [0.15, 0.2) is 5.82 Å². The molecule has 0 radical (unpaired) electrons. The minimum absolute atomic E-state index is 0.0168. The standard InChI is InChI=1S/C28H35N7O3/c1-37-24-8-4-3-7-22(24)23-9-10-25(33-32-23)35-16-11-21(12-17-35)28(36)29-13-18-38-27-19-26(30-20-31-27)34-14-5-2-6-15-34/h3-4,7-10,19-21H,2,5-6,11-18H2,1H3,(H,29,36). The topological polar surface area (TPSA) is 106 Å². The molecule has 0 bridgehead atoms. The third-order valence-corrected chi connectivity index (χ3v) is 7.18.